The summed E-state index contributed by atoms with van der Waals surface area (Å²) in [4.78, 5) is 11.9. The van der Waals surface area contributed by atoms with Gasteiger partial charge in [0.15, 0.2) is 0 Å². The molecule has 7 nitrogen and oxygen atoms in total. The molecule has 0 radical (unpaired) electrons. The number of aromatic amines is 1. The Morgan fingerprint density at radius 2 is 2.35 bits per heavy atom. The predicted molar refractivity (Wildman–Crippen MR) is 62.8 cm³/mol. The van der Waals surface area contributed by atoms with Crippen LogP contribution in [0.15, 0.2) is 22.7 Å². The second kappa shape index (κ2) is 4.91. The number of nitrogens with zero attached hydrogens (tertiary/aromatic N) is 3. The molecule has 0 aliphatic carbocycles. The van der Waals surface area contributed by atoms with E-state index < -0.39 is 0 Å². The van der Waals surface area contributed by atoms with Gasteiger partial charge >= 0.3 is 0 Å². The number of ether oxygens (including phenoxy) is 1. The first-order valence-electron chi connectivity index (χ1n) is 4.59. The highest BCUT2D eigenvalue weighted by Crippen LogP contribution is 2.23. The summed E-state index contributed by atoms with van der Waals surface area (Å²) >= 11 is 3.29. The molecule has 1 amide bonds. The molecule has 2 rings (SSSR count). The van der Waals surface area contributed by atoms with Gasteiger partial charge in [-0.05, 0) is 28.6 Å². The van der Waals surface area contributed by atoms with Crippen molar-refractivity contribution in [3.8, 4) is 5.75 Å². The second-order valence-electron chi connectivity index (χ2n) is 3.05. The molecule has 0 fully saturated rings. The van der Waals surface area contributed by atoms with Gasteiger partial charge in [0.05, 0.1) is 12.7 Å². The molecule has 8 heteroatoms. The minimum Gasteiger partial charge on any atom is -0.496 e. The van der Waals surface area contributed by atoms with Crippen molar-refractivity contribution in [2.24, 2.45) is 0 Å². The number of carbonyl (C=O) groups is 1. The molecule has 88 valence electrons. The molecule has 0 atom stereocenters. The maximum Gasteiger partial charge on any atom is 0.261 e. The molecule has 2 N–H and O–H groups in total. The number of carbonyl (C=O) groups excluding carboxylic acids is 1. The molecular weight excluding hydrogens is 290 g/mol. The largest absolute Gasteiger partial charge is 0.496 e. The van der Waals surface area contributed by atoms with Gasteiger partial charge in [0.25, 0.3) is 5.91 Å². The van der Waals surface area contributed by atoms with Gasteiger partial charge in [0, 0.05) is 4.47 Å². The van der Waals surface area contributed by atoms with Crippen molar-refractivity contribution in [3.05, 3.63) is 28.2 Å². The minimum atomic E-state index is -0.360. The van der Waals surface area contributed by atoms with Crippen LogP contribution in [0.25, 0.3) is 0 Å². The van der Waals surface area contributed by atoms with E-state index >= 15 is 0 Å². The highest BCUT2D eigenvalue weighted by atomic mass is 79.9. The summed E-state index contributed by atoms with van der Waals surface area (Å²) in [5.74, 6) is 0.289. The van der Waals surface area contributed by atoms with Gasteiger partial charge < -0.3 is 4.74 Å². The lowest BCUT2D eigenvalue weighted by molar-refractivity contribution is 0.102. The molecule has 0 aliphatic rings. The molecule has 0 spiro atoms. The van der Waals surface area contributed by atoms with Crippen molar-refractivity contribution >= 4 is 27.8 Å². The van der Waals surface area contributed by atoms with Gasteiger partial charge in [-0.3, -0.25) is 10.1 Å². The van der Waals surface area contributed by atoms with E-state index in [1.807, 2.05) is 0 Å². The fraction of sp³-hybridized carbons (Fsp3) is 0.111. The quantitative estimate of drug-likeness (QED) is 0.889. The van der Waals surface area contributed by atoms with E-state index in [2.05, 4.69) is 41.9 Å². The Balaban J connectivity index is 2.26. The van der Waals surface area contributed by atoms with Gasteiger partial charge in [-0.1, -0.05) is 21.0 Å². The Bertz CT molecular complexity index is 528. The summed E-state index contributed by atoms with van der Waals surface area (Å²) in [7, 11) is 1.50. The third-order valence-electron chi connectivity index (χ3n) is 1.98. The molecule has 0 saturated heterocycles. The lowest BCUT2D eigenvalue weighted by Crippen LogP contribution is -2.14. The van der Waals surface area contributed by atoms with Crippen LogP contribution in [-0.2, 0) is 0 Å². The topological polar surface area (TPSA) is 92.8 Å². The van der Waals surface area contributed by atoms with Crippen molar-refractivity contribution in [2.45, 2.75) is 0 Å². The van der Waals surface area contributed by atoms with Crippen molar-refractivity contribution in [1.29, 1.82) is 0 Å². The van der Waals surface area contributed by atoms with Gasteiger partial charge in [-0.25, -0.2) is 5.10 Å². The summed E-state index contributed by atoms with van der Waals surface area (Å²) in [6, 6.07) is 5.13. The molecule has 1 aromatic carbocycles. The molecule has 1 aromatic heterocycles. The van der Waals surface area contributed by atoms with E-state index in [0.29, 0.717) is 11.3 Å². The first-order valence-corrected chi connectivity index (χ1v) is 5.38. The average molecular weight is 298 g/mol. The van der Waals surface area contributed by atoms with Crippen molar-refractivity contribution in [3.63, 3.8) is 0 Å². The number of benzene rings is 1. The van der Waals surface area contributed by atoms with Gasteiger partial charge in [0.1, 0.15) is 5.75 Å². The number of hydrogen-bond donors (Lipinski definition) is 2. The van der Waals surface area contributed by atoms with Crippen LogP contribution < -0.4 is 10.1 Å². The molecule has 0 bridgehead atoms. The maximum absolute atomic E-state index is 11.9. The average Bonchev–Trinajstić information content (AvgIpc) is 2.81. The van der Waals surface area contributed by atoms with Crippen molar-refractivity contribution in [1.82, 2.24) is 20.6 Å². The minimum absolute atomic E-state index is 0.178. The lowest BCUT2D eigenvalue weighted by atomic mass is 10.2. The fourth-order valence-corrected chi connectivity index (χ4v) is 1.61. The number of hydrogen-bond acceptors (Lipinski definition) is 5. The van der Waals surface area contributed by atoms with E-state index in [-0.39, 0.29) is 11.9 Å². The first-order chi connectivity index (χ1) is 8.20. The number of tetrazole rings is 1. The number of halogens is 1. The number of anilines is 1. The van der Waals surface area contributed by atoms with Gasteiger partial charge in [0.2, 0.25) is 5.95 Å². The first kappa shape index (κ1) is 11.5. The molecule has 0 unspecified atom stereocenters. The fourth-order valence-electron chi connectivity index (χ4n) is 1.24. The molecule has 17 heavy (non-hydrogen) atoms. The van der Waals surface area contributed by atoms with Crippen LogP contribution >= 0.6 is 15.9 Å². The third kappa shape index (κ3) is 2.59. The smallest absolute Gasteiger partial charge is 0.261 e. The van der Waals surface area contributed by atoms with E-state index in [1.165, 1.54) is 7.11 Å². The van der Waals surface area contributed by atoms with Crippen LogP contribution in [0.5, 0.6) is 5.75 Å². The van der Waals surface area contributed by atoms with Crippen LogP contribution in [-0.4, -0.2) is 33.6 Å². The number of amides is 1. The van der Waals surface area contributed by atoms with E-state index in [1.54, 1.807) is 18.2 Å². The van der Waals surface area contributed by atoms with E-state index in [4.69, 9.17) is 4.74 Å². The summed E-state index contributed by atoms with van der Waals surface area (Å²) in [6.45, 7) is 0. The van der Waals surface area contributed by atoms with Crippen LogP contribution in [0.2, 0.25) is 0 Å². The normalized spacial score (nSPS) is 10.0. The predicted octanol–water partition coefficient (Wildman–Crippen LogP) is 1.22. The number of methoxy groups -OCH3 is 1. The Kier molecular flexibility index (Phi) is 3.33. The Labute approximate surface area is 105 Å². The highest BCUT2D eigenvalue weighted by Gasteiger charge is 2.14. The zero-order chi connectivity index (χ0) is 12.3. The molecule has 0 saturated carbocycles. The van der Waals surface area contributed by atoms with Crippen molar-refractivity contribution < 1.29 is 9.53 Å². The summed E-state index contributed by atoms with van der Waals surface area (Å²) < 4.78 is 5.87. The Hall–Kier alpha value is -1.96. The Morgan fingerprint density at radius 1 is 1.53 bits per heavy atom. The SMILES string of the molecule is COc1ccc(Br)cc1C(=O)Nc1nnn[nH]1. The van der Waals surface area contributed by atoms with Crippen LogP contribution in [0, 0.1) is 0 Å². The number of nitrogens with one attached hydrogen (secondary N) is 2. The zero-order valence-electron chi connectivity index (χ0n) is 8.77. The Morgan fingerprint density at radius 3 is 3.00 bits per heavy atom. The standard InChI is InChI=1S/C9H8BrN5O2/c1-17-7-3-2-5(10)4-6(7)8(16)11-9-12-14-15-13-9/h2-4H,1H3,(H2,11,12,13,14,15,16). The number of aromatic nitrogens is 4. The van der Waals surface area contributed by atoms with Gasteiger partial charge in [-0.2, -0.15) is 0 Å². The zero-order valence-corrected chi connectivity index (χ0v) is 10.4. The molecule has 0 aliphatic heterocycles. The van der Waals surface area contributed by atoms with Crippen molar-refractivity contribution in [2.75, 3.05) is 12.4 Å². The van der Waals surface area contributed by atoms with E-state index in [0.717, 1.165) is 4.47 Å². The molecule has 1 heterocycles. The monoisotopic (exact) mass is 297 g/mol. The summed E-state index contributed by atoms with van der Waals surface area (Å²) in [5, 5.41) is 15.2. The highest BCUT2D eigenvalue weighted by molar-refractivity contribution is 9.10. The number of rotatable bonds is 3. The summed E-state index contributed by atoms with van der Waals surface area (Å²) in [6.07, 6.45) is 0. The second-order valence-corrected chi connectivity index (χ2v) is 3.96. The molecule has 2 aromatic rings. The van der Waals surface area contributed by atoms with Crippen LogP contribution in [0.4, 0.5) is 5.95 Å². The summed E-state index contributed by atoms with van der Waals surface area (Å²) in [5.41, 5.74) is 0.387. The maximum atomic E-state index is 11.9. The van der Waals surface area contributed by atoms with Crippen LogP contribution in [0.1, 0.15) is 10.4 Å². The van der Waals surface area contributed by atoms with Gasteiger partial charge in [-0.15, -0.1) is 0 Å². The van der Waals surface area contributed by atoms with E-state index in [9.17, 15) is 4.79 Å². The lowest BCUT2D eigenvalue weighted by Gasteiger charge is -2.07. The number of H-pyrrole nitrogens is 1. The van der Waals surface area contributed by atoms with Crippen LogP contribution in [0.3, 0.4) is 0 Å². The third-order valence-corrected chi connectivity index (χ3v) is 2.48. The molecular formula is C9H8BrN5O2.